The number of nitrogens with zero attached hydrogens (tertiary/aromatic N) is 3. The molecule has 132 valence electrons. The first kappa shape index (κ1) is 17.5. The van der Waals surface area contributed by atoms with E-state index in [1.807, 2.05) is 24.3 Å². The van der Waals surface area contributed by atoms with Crippen LogP contribution in [-0.2, 0) is 0 Å². The van der Waals surface area contributed by atoms with E-state index in [4.69, 9.17) is 17.3 Å². The highest BCUT2D eigenvalue weighted by Gasteiger charge is 2.27. The van der Waals surface area contributed by atoms with Crippen molar-refractivity contribution in [2.24, 2.45) is 0 Å². The average molecular weight is 380 g/mol. The largest absolute Gasteiger partial charge is 0.395 e. The van der Waals surface area contributed by atoms with E-state index in [2.05, 4.69) is 14.6 Å². The maximum Gasteiger partial charge on any atom is 0.272 e. The van der Waals surface area contributed by atoms with Gasteiger partial charge in [-0.15, -0.1) is 0 Å². The van der Waals surface area contributed by atoms with Crippen LogP contribution in [0.15, 0.2) is 24.3 Å². The number of nitrogens with two attached hydrogens (primary N) is 1. The molecule has 1 aliphatic rings. The van der Waals surface area contributed by atoms with Gasteiger partial charge in [0.25, 0.3) is 11.8 Å². The van der Waals surface area contributed by atoms with E-state index in [9.17, 15) is 9.59 Å². The molecule has 0 aliphatic carbocycles. The van der Waals surface area contributed by atoms with E-state index < -0.39 is 5.91 Å². The minimum Gasteiger partial charge on any atom is -0.395 e. The molecule has 1 aliphatic heterocycles. The Bertz CT molecular complexity index is 802. The van der Waals surface area contributed by atoms with Gasteiger partial charge >= 0.3 is 0 Å². The van der Waals surface area contributed by atoms with Crippen molar-refractivity contribution >= 4 is 46.3 Å². The number of aromatic nitrogens is 1. The maximum atomic E-state index is 12.7. The fraction of sp³-hybridized carbons (Fsp3) is 0.312. The van der Waals surface area contributed by atoms with Crippen molar-refractivity contribution in [3.8, 4) is 0 Å². The summed E-state index contributed by atoms with van der Waals surface area (Å²) in [7, 11) is 1.50. The first-order chi connectivity index (χ1) is 12.0. The lowest BCUT2D eigenvalue weighted by Crippen LogP contribution is -2.48. The molecule has 2 aromatic rings. The molecule has 2 amide bonds. The summed E-state index contributed by atoms with van der Waals surface area (Å²) in [6, 6.07) is 7.66. The predicted molar refractivity (Wildman–Crippen MR) is 99.5 cm³/mol. The molecule has 0 unspecified atom stereocenters. The van der Waals surface area contributed by atoms with Gasteiger partial charge in [-0.1, -0.05) is 17.7 Å². The van der Waals surface area contributed by atoms with Crippen molar-refractivity contribution in [3.63, 3.8) is 0 Å². The van der Waals surface area contributed by atoms with E-state index in [-0.39, 0.29) is 17.3 Å². The van der Waals surface area contributed by atoms with Crippen LogP contribution >= 0.6 is 23.1 Å². The minimum atomic E-state index is -0.390. The molecule has 9 heteroatoms. The number of hydrogen-bond acceptors (Lipinski definition) is 6. The zero-order valence-electron chi connectivity index (χ0n) is 13.7. The first-order valence-corrected chi connectivity index (χ1v) is 8.93. The number of carbonyl (C=O) groups excluding carboxylic acids is 2. The van der Waals surface area contributed by atoms with Gasteiger partial charge in [0.1, 0.15) is 4.88 Å². The van der Waals surface area contributed by atoms with Gasteiger partial charge in [-0.2, -0.15) is 4.37 Å². The summed E-state index contributed by atoms with van der Waals surface area (Å²) >= 11 is 7.00. The van der Waals surface area contributed by atoms with Crippen LogP contribution in [0.5, 0.6) is 0 Å². The number of nitrogens with one attached hydrogen (secondary N) is 1. The molecule has 0 radical (unpaired) electrons. The highest BCUT2D eigenvalue weighted by molar-refractivity contribution is 7.09. The zero-order valence-corrected chi connectivity index (χ0v) is 15.2. The summed E-state index contributed by atoms with van der Waals surface area (Å²) in [6.07, 6.45) is 0. The van der Waals surface area contributed by atoms with Gasteiger partial charge in [0.05, 0.1) is 5.69 Å². The van der Waals surface area contributed by atoms with Gasteiger partial charge in [0.15, 0.2) is 5.69 Å². The van der Waals surface area contributed by atoms with Crippen molar-refractivity contribution in [2.75, 3.05) is 43.9 Å². The number of amides is 2. The van der Waals surface area contributed by atoms with Gasteiger partial charge in [-0.05, 0) is 29.7 Å². The first-order valence-electron chi connectivity index (χ1n) is 7.78. The highest BCUT2D eigenvalue weighted by Crippen LogP contribution is 2.25. The van der Waals surface area contributed by atoms with E-state index in [1.54, 1.807) is 4.90 Å². The van der Waals surface area contributed by atoms with Crippen LogP contribution in [0.1, 0.15) is 20.2 Å². The van der Waals surface area contributed by atoms with Crippen molar-refractivity contribution in [3.05, 3.63) is 39.9 Å². The second kappa shape index (κ2) is 7.28. The fourth-order valence-electron chi connectivity index (χ4n) is 2.72. The Morgan fingerprint density at radius 1 is 1.28 bits per heavy atom. The number of halogens is 1. The number of nitrogen functional groups attached to an aromatic ring is 1. The molecule has 3 N–H and O–H groups in total. The van der Waals surface area contributed by atoms with Gasteiger partial charge in [-0.25, -0.2) is 0 Å². The van der Waals surface area contributed by atoms with E-state index in [0.717, 1.165) is 17.2 Å². The van der Waals surface area contributed by atoms with Crippen LogP contribution in [0, 0.1) is 0 Å². The van der Waals surface area contributed by atoms with Crippen molar-refractivity contribution in [1.29, 1.82) is 0 Å². The Kier molecular flexibility index (Phi) is 5.10. The molecule has 0 spiro atoms. The van der Waals surface area contributed by atoms with E-state index >= 15 is 0 Å². The van der Waals surface area contributed by atoms with Crippen molar-refractivity contribution in [2.45, 2.75) is 0 Å². The van der Waals surface area contributed by atoms with Gasteiger partial charge in [0, 0.05) is 43.9 Å². The third-order valence-corrected chi connectivity index (χ3v) is 5.19. The molecule has 1 aromatic carbocycles. The monoisotopic (exact) mass is 379 g/mol. The van der Waals surface area contributed by atoms with Crippen molar-refractivity contribution < 1.29 is 9.59 Å². The number of piperazine rings is 1. The molecular formula is C16H18ClN5O2S. The number of benzene rings is 1. The number of anilines is 2. The molecule has 3 rings (SSSR count). The maximum absolute atomic E-state index is 12.7. The predicted octanol–water partition coefficient (Wildman–Crippen LogP) is 1.70. The third kappa shape index (κ3) is 3.54. The summed E-state index contributed by atoms with van der Waals surface area (Å²) in [5, 5.41) is 3.16. The lowest BCUT2D eigenvalue weighted by Gasteiger charge is -2.36. The molecule has 25 heavy (non-hydrogen) atoms. The number of carbonyl (C=O) groups is 2. The molecule has 0 bridgehead atoms. The Labute approximate surface area is 154 Å². The van der Waals surface area contributed by atoms with Crippen LogP contribution in [0.4, 0.5) is 11.4 Å². The van der Waals surface area contributed by atoms with Crippen LogP contribution in [0.25, 0.3) is 0 Å². The van der Waals surface area contributed by atoms with Gasteiger partial charge in [-0.3, -0.25) is 9.59 Å². The standard InChI is InChI=1S/C16H18ClN5O2S/c1-19-15(23)13-12(18)14(25-20-13)16(24)22-7-5-21(6-8-22)11-4-2-3-10(17)9-11/h2-4,9H,5-8,18H2,1H3,(H,19,23). The van der Waals surface area contributed by atoms with Crippen LogP contribution in [0.2, 0.25) is 5.02 Å². The number of hydrogen-bond donors (Lipinski definition) is 2. The number of rotatable bonds is 3. The summed E-state index contributed by atoms with van der Waals surface area (Å²) < 4.78 is 4.01. The molecule has 1 saturated heterocycles. The SMILES string of the molecule is CNC(=O)c1nsc(C(=O)N2CCN(c3cccc(Cl)c3)CC2)c1N. The smallest absolute Gasteiger partial charge is 0.272 e. The fourth-order valence-corrected chi connectivity index (χ4v) is 3.67. The van der Waals surface area contributed by atoms with Crippen LogP contribution in [0.3, 0.4) is 0 Å². The second-order valence-corrected chi connectivity index (χ2v) is 6.82. The molecule has 0 atom stereocenters. The topological polar surface area (TPSA) is 91.6 Å². The summed E-state index contributed by atoms with van der Waals surface area (Å²) in [5.41, 5.74) is 7.23. The average Bonchev–Trinajstić information content (AvgIpc) is 3.02. The minimum absolute atomic E-state index is 0.105. The highest BCUT2D eigenvalue weighted by atomic mass is 35.5. The van der Waals surface area contributed by atoms with Gasteiger partial charge < -0.3 is 20.9 Å². The third-order valence-electron chi connectivity index (χ3n) is 4.10. The van der Waals surface area contributed by atoms with Crippen molar-refractivity contribution in [1.82, 2.24) is 14.6 Å². The second-order valence-electron chi connectivity index (χ2n) is 5.61. The van der Waals surface area contributed by atoms with Crippen LogP contribution < -0.4 is 16.0 Å². The summed E-state index contributed by atoms with van der Waals surface area (Å²) in [5.74, 6) is -0.575. The Morgan fingerprint density at radius 3 is 2.64 bits per heavy atom. The quantitative estimate of drug-likeness (QED) is 0.846. The molecule has 2 heterocycles. The van der Waals surface area contributed by atoms with Crippen LogP contribution in [-0.4, -0.2) is 54.3 Å². The Hall–Kier alpha value is -2.32. The normalized spacial score (nSPS) is 14.5. The summed E-state index contributed by atoms with van der Waals surface area (Å²) in [6.45, 7) is 2.54. The van der Waals surface area contributed by atoms with E-state index in [0.29, 0.717) is 36.1 Å². The zero-order chi connectivity index (χ0) is 18.0. The Morgan fingerprint density at radius 2 is 2.00 bits per heavy atom. The molecule has 7 nitrogen and oxygen atoms in total. The Balaban J connectivity index is 1.68. The molecule has 1 fully saturated rings. The molecule has 1 aromatic heterocycles. The molecule has 0 saturated carbocycles. The van der Waals surface area contributed by atoms with E-state index in [1.165, 1.54) is 7.05 Å². The van der Waals surface area contributed by atoms with Gasteiger partial charge in [0.2, 0.25) is 0 Å². The molecular weight excluding hydrogens is 362 g/mol. The summed E-state index contributed by atoms with van der Waals surface area (Å²) in [4.78, 5) is 28.6. The lowest BCUT2D eigenvalue weighted by molar-refractivity contribution is 0.0752. The lowest BCUT2D eigenvalue weighted by atomic mass is 10.2.